The Morgan fingerprint density at radius 1 is 1.22 bits per heavy atom. The summed E-state index contributed by atoms with van der Waals surface area (Å²) < 4.78 is 38.1. The van der Waals surface area contributed by atoms with Gasteiger partial charge in [-0.05, 0) is 29.6 Å². The van der Waals surface area contributed by atoms with E-state index in [1.807, 2.05) is 17.5 Å². The monoisotopic (exact) mass is 494 g/mol. The second-order valence-electron chi connectivity index (χ2n) is 7.04. The van der Waals surface area contributed by atoms with Crippen molar-refractivity contribution in [1.82, 2.24) is 19.4 Å². The lowest BCUT2D eigenvalue weighted by Gasteiger charge is -2.26. The van der Waals surface area contributed by atoms with Gasteiger partial charge in [-0.15, -0.1) is 21.5 Å². The summed E-state index contributed by atoms with van der Waals surface area (Å²) in [6.07, 6.45) is 0. The highest BCUT2D eigenvalue weighted by Crippen LogP contribution is 2.27. The SMILES string of the molecule is CN(Cc1cccs1)C(=O)CSc1nnc(-c2cccc(S(=O)(=O)N3CCOCC3)c2)o1. The molecule has 0 aliphatic carbocycles. The smallest absolute Gasteiger partial charge is 0.277 e. The van der Waals surface area contributed by atoms with E-state index in [0.29, 0.717) is 38.4 Å². The molecular formula is C20H22N4O5S3. The molecule has 1 aliphatic rings. The van der Waals surface area contributed by atoms with Gasteiger partial charge in [0.05, 0.1) is 30.4 Å². The number of benzene rings is 1. The zero-order valence-corrected chi connectivity index (χ0v) is 19.8. The van der Waals surface area contributed by atoms with Gasteiger partial charge in [-0.3, -0.25) is 4.79 Å². The number of thioether (sulfide) groups is 1. The molecule has 3 aromatic rings. The van der Waals surface area contributed by atoms with E-state index in [4.69, 9.17) is 9.15 Å². The van der Waals surface area contributed by atoms with Crippen molar-refractivity contribution in [2.24, 2.45) is 0 Å². The molecule has 1 amide bonds. The summed E-state index contributed by atoms with van der Waals surface area (Å²) in [4.78, 5) is 15.3. The number of nitrogens with zero attached hydrogens (tertiary/aromatic N) is 4. The number of aromatic nitrogens is 2. The molecule has 4 rings (SSSR count). The van der Waals surface area contributed by atoms with Crippen LogP contribution >= 0.6 is 23.1 Å². The number of carbonyl (C=O) groups is 1. The van der Waals surface area contributed by atoms with Crippen molar-refractivity contribution in [2.75, 3.05) is 39.1 Å². The number of amides is 1. The lowest BCUT2D eigenvalue weighted by atomic mass is 10.2. The highest BCUT2D eigenvalue weighted by molar-refractivity contribution is 7.99. The van der Waals surface area contributed by atoms with Crippen LogP contribution < -0.4 is 0 Å². The van der Waals surface area contributed by atoms with Crippen molar-refractivity contribution >= 4 is 39.0 Å². The van der Waals surface area contributed by atoms with Crippen molar-refractivity contribution < 1.29 is 22.4 Å². The standard InChI is InChI=1S/C20H22N4O5S3/c1-23(13-16-5-3-11-30-16)18(25)14-31-20-22-21-19(29-20)15-4-2-6-17(12-15)32(26,27)24-7-9-28-10-8-24/h2-6,11-12H,7-10,13-14H2,1H3. The Morgan fingerprint density at radius 3 is 2.78 bits per heavy atom. The number of sulfonamides is 1. The third kappa shape index (κ3) is 5.38. The van der Waals surface area contributed by atoms with Gasteiger partial charge in [0.15, 0.2) is 0 Å². The second-order valence-corrected chi connectivity index (χ2v) is 10.9. The van der Waals surface area contributed by atoms with Gasteiger partial charge in [-0.2, -0.15) is 4.31 Å². The number of morpholine rings is 1. The quantitative estimate of drug-likeness (QED) is 0.440. The number of thiophene rings is 1. The van der Waals surface area contributed by atoms with Gasteiger partial charge in [-0.25, -0.2) is 8.42 Å². The van der Waals surface area contributed by atoms with Crippen LogP contribution in [-0.4, -0.2) is 72.8 Å². The van der Waals surface area contributed by atoms with Gasteiger partial charge in [-0.1, -0.05) is 23.9 Å². The zero-order valence-electron chi connectivity index (χ0n) is 17.3. The topological polar surface area (TPSA) is 106 Å². The van der Waals surface area contributed by atoms with Crippen molar-refractivity contribution in [2.45, 2.75) is 16.7 Å². The van der Waals surface area contributed by atoms with Gasteiger partial charge >= 0.3 is 0 Å². The highest BCUT2D eigenvalue weighted by Gasteiger charge is 2.27. The average Bonchev–Trinajstić information content (AvgIpc) is 3.50. The maximum Gasteiger partial charge on any atom is 0.277 e. The fourth-order valence-corrected chi connectivity index (χ4v) is 5.98. The van der Waals surface area contributed by atoms with Gasteiger partial charge in [0, 0.05) is 30.6 Å². The van der Waals surface area contributed by atoms with E-state index in [0.717, 1.165) is 16.6 Å². The summed E-state index contributed by atoms with van der Waals surface area (Å²) >= 11 is 2.75. The molecule has 0 N–H and O–H groups in total. The van der Waals surface area contributed by atoms with Crippen LogP contribution in [0.3, 0.4) is 0 Å². The van der Waals surface area contributed by atoms with Crippen molar-refractivity contribution in [3.8, 4) is 11.5 Å². The van der Waals surface area contributed by atoms with E-state index in [9.17, 15) is 13.2 Å². The van der Waals surface area contributed by atoms with Crippen molar-refractivity contribution in [3.05, 3.63) is 46.7 Å². The van der Waals surface area contributed by atoms with E-state index >= 15 is 0 Å². The summed E-state index contributed by atoms with van der Waals surface area (Å²) in [7, 11) is -1.88. The second kappa shape index (κ2) is 10.1. The Labute approximate surface area is 194 Å². The molecule has 1 saturated heterocycles. The fourth-order valence-electron chi connectivity index (χ4n) is 3.07. The first-order valence-corrected chi connectivity index (χ1v) is 13.1. The Hall–Kier alpha value is -2.25. The summed E-state index contributed by atoms with van der Waals surface area (Å²) in [5, 5.41) is 10.2. The number of carbonyl (C=O) groups excluding carboxylic acids is 1. The predicted octanol–water partition coefficient (Wildman–Crippen LogP) is 2.57. The molecule has 3 heterocycles. The molecule has 170 valence electrons. The first kappa shape index (κ1) is 22.9. The van der Waals surface area contributed by atoms with Gasteiger partial charge in [0.2, 0.25) is 21.8 Å². The molecule has 0 unspecified atom stereocenters. The minimum absolute atomic E-state index is 0.0539. The molecule has 2 aromatic heterocycles. The van der Waals surface area contributed by atoms with Crippen LogP contribution in [0, 0.1) is 0 Å². The molecule has 0 atom stereocenters. The lowest BCUT2D eigenvalue weighted by Crippen LogP contribution is -2.40. The van der Waals surface area contributed by atoms with Crippen LogP contribution in [0.1, 0.15) is 4.88 Å². The lowest BCUT2D eigenvalue weighted by molar-refractivity contribution is -0.127. The van der Waals surface area contributed by atoms with Crippen LogP contribution in [0.5, 0.6) is 0 Å². The molecule has 0 spiro atoms. The van der Waals surface area contributed by atoms with E-state index < -0.39 is 10.0 Å². The zero-order chi connectivity index (χ0) is 22.6. The third-order valence-corrected chi connectivity index (χ3v) is 8.37. The predicted molar refractivity (Wildman–Crippen MR) is 121 cm³/mol. The summed E-state index contributed by atoms with van der Waals surface area (Å²) in [5.41, 5.74) is 0.500. The normalized spacial score (nSPS) is 15.0. The average molecular weight is 495 g/mol. The van der Waals surface area contributed by atoms with E-state index in [1.165, 1.54) is 10.4 Å². The molecule has 0 saturated carbocycles. The van der Waals surface area contributed by atoms with E-state index in [1.54, 1.807) is 41.5 Å². The van der Waals surface area contributed by atoms with Crippen LogP contribution in [-0.2, 0) is 26.1 Å². The van der Waals surface area contributed by atoms with Crippen molar-refractivity contribution in [3.63, 3.8) is 0 Å². The minimum Gasteiger partial charge on any atom is -0.411 e. The Morgan fingerprint density at radius 2 is 2.03 bits per heavy atom. The minimum atomic E-state index is -3.63. The summed E-state index contributed by atoms with van der Waals surface area (Å²) in [6.45, 7) is 1.96. The van der Waals surface area contributed by atoms with Gasteiger partial charge in [0.1, 0.15) is 0 Å². The summed E-state index contributed by atoms with van der Waals surface area (Å²) in [5.74, 6) is 0.308. The molecule has 32 heavy (non-hydrogen) atoms. The van der Waals surface area contributed by atoms with E-state index in [2.05, 4.69) is 10.2 Å². The first-order chi connectivity index (χ1) is 15.4. The number of hydrogen-bond acceptors (Lipinski definition) is 9. The van der Waals surface area contributed by atoms with Gasteiger partial charge < -0.3 is 14.1 Å². The van der Waals surface area contributed by atoms with Crippen LogP contribution in [0.2, 0.25) is 0 Å². The number of ether oxygens (including phenoxy) is 1. The molecule has 9 nitrogen and oxygen atoms in total. The summed E-state index contributed by atoms with van der Waals surface area (Å²) in [6, 6.07) is 10.4. The third-order valence-electron chi connectivity index (χ3n) is 4.81. The number of rotatable bonds is 8. The molecule has 0 radical (unpaired) electrons. The number of hydrogen-bond donors (Lipinski definition) is 0. The Kier molecular flexibility index (Phi) is 7.26. The van der Waals surface area contributed by atoms with Crippen LogP contribution in [0.15, 0.2) is 56.3 Å². The van der Waals surface area contributed by atoms with Crippen LogP contribution in [0.4, 0.5) is 0 Å². The fraction of sp³-hybridized carbons (Fsp3) is 0.350. The van der Waals surface area contributed by atoms with Gasteiger partial charge in [0.25, 0.3) is 5.22 Å². The molecule has 1 aromatic carbocycles. The molecule has 0 bridgehead atoms. The Balaban J connectivity index is 1.40. The molecule has 1 fully saturated rings. The maximum absolute atomic E-state index is 12.9. The molecular weight excluding hydrogens is 472 g/mol. The molecule has 1 aliphatic heterocycles. The molecule has 12 heteroatoms. The van der Waals surface area contributed by atoms with Crippen molar-refractivity contribution in [1.29, 1.82) is 0 Å². The largest absolute Gasteiger partial charge is 0.411 e. The first-order valence-electron chi connectivity index (χ1n) is 9.84. The highest BCUT2D eigenvalue weighted by atomic mass is 32.2. The Bertz CT molecular complexity index is 1160. The van der Waals surface area contributed by atoms with Crippen LogP contribution in [0.25, 0.3) is 11.5 Å². The van der Waals surface area contributed by atoms with E-state index in [-0.39, 0.29) is 27.7 Å². The maximum atomic E-state index is 12.9.